The lowest BCUT2D eigenvalue weighted by atomic mass is 10.1. The maximum absolute atomic E-state index is 9.59. The van der Waals surface area contributed by atoms with Crippen molar-refractivity contribution in [2.24, 2.45) is 0 Å². The van der Waals surface area contributed by atoms with Crippen LogP contribution in [-0.2, 0) is 6.54 Å². The third-order valence-corrected chi connectivity index (χ3v) is 4.09. The quantitative estimate of drug-likeness (QED) is 0.853. The largest absolute Gasteiger partial charge is 0.389 e. The molecule has 20 heavy (non-hydrogen) atoms. The summed E-state index contributed by atoms with van der Waals surface area (Å²) in [5, 5.41) is 10.3. The van der Waals surface area contributed by atoms with Gasteiger partial charge in [-0.05, 0) is 58.2 Å². The number of anilines is 1. The summed E-state index contributed by atoms with van der Waals surface area (Å²) in [5.74, 6) is 0. The number of aliphatic hydroxyl groups is 1. The van der Waals surface area contributed by atoms with Gasteiger partial charge in [0.25, 0.3) is 0 Å². The van der Waals surface area contributed by atoms with Crippen LogP contribution in [0.25, 0.3) is 0 Å². The molecule has 0 aliphatic heterocycles. The van der Waals surface area contributed by atoms with Gasteiger partial charge in [-0.15, -0.1) is 0 Å². The number of hydrogen-bond donors (Lipinski definition) is 1. The number of hydrogen-bond acceptors (Lipinski definition) is 2. The lowest BCUT2D eigenvalue weighted by Gasteiger charge is -2.22. The Balaban J connectivity index is 2.16. The second kappa shape index (κ2) is 6.61. The molecule has 1 N–H and O–H groups in total. The number of nitrogens with zero attached hydrogens (tertiary/aromatic N) is 1. The van der Waals surface area contributed by atoms with E-state index >= 15 is 0 Å². The Morgan fingerprint density at radius 2 is 1.85 bits per heavy atom. The predicted molar refractivity (Wildman–Crippen MR) is 88.3 cm³/mol. The number of benzene rings is 2. The Labute approximate surface area is 133 Å². The zero-order valence-electron chi connectivity index (χ0n) is 11.5. The third-order valence-electron chi connectivity index (χ3n) is 3.20. The molecule has 0 saturated heterocycles. The van der Waals surface area contributed by atoms with Crippen LogP contribution in [0.5, 0.6) is 0 Å². The van der Waals surface area contributed by atoms with Crippen LogP contribution in [0.3, 0.4) is 0 Å². The average molecular weight is 355 g/mol. The molecule has 2 nitrogen and oxygen atoms in total. The zero-order chi connectivity index (χ0) is 14.7. The van der Waals surface area contributed by atoms with Crippen molar-refractivity contribution in [3.8, 4) is 0 Å². The lowest BCUT2D eigenvalue weighted by Crippen LogP contribution is -2.16. The number of halogens is 2. The molecule has 0 aliphatic carbocycles. The van der Waals surface area contributed by atoms with E-state index in [0.717, 1.165) is 27.3 Å². The van der Waals surface area contributed by atoms with Crippen molar-refractivity contribution < 1.29 is 5.11 Å². The van der Waals surface area contributed by atoms with E-state index in [-0.39, 0.29) is 0 Å². The molecule has 4 heteroatoms. The Morgan fingerprint density at radius 1 is 1.20 bits per heavy atom. The summed E-state index contributed by atoms with van der Waals surface area (Å²) in [6.45, 7) is 2.56. The highest BCUT2D eigenvalue weighted by atomic mass is 79.9. The normalized spacial score (nSPS) is 12.2. The number of rotatable bonds is 4. The van der Waals surface area contributed by atoms with Gasteiger partial charge in [0.05, 0.1) is 11.8 Å². The summed E-state index contributed by atoms with van der Waals surface area (Å²) in [7, 11) is 2.04. The lowest BCUT2D eigenvalue weighted by molar-refractivity contribution is 0.199. The smallest absolute Gasteiger partial charge is 0.0762 e. The summed E-state index contributed by atoms with van der Waals surface area (Å²) < 4.78 is 0.979. The molecule has 0 unspecified atom stereocenters. The molecule has 0 aromatic heterocycles. The monoisotopic (exact) mass is 353 g/mol. The van der Waals surface area contributed by atoms with Crippen LogP contribution in [0.2, 0.25) is 5.02 Å². The van der Waals surface area contributed by atoms with Gasteiger partial charge in [0.2, 0.25) is 0 Å². The summed E-state index contributed by atoms with van der Waals surface area (Å²) in [5.41, 5.74) is 3.19. The zero-order valence-corrected chi connectivity index (χ0v) is 13.8. The average Bonchev–Trinajstić information content (AvgIpc) is 2.41. The van der Waals surface area contributed by atoms with Gasteiger partial charge in [0, 0.05) is 23.1 Å². The van der Waals surface area contributed by atoms with Crippen molar-refractivity contribution in [3.63, 3.8) is 0 Å². The molecule has 1 atom stereocenters. The van der Waals surface area contributed by atoms with Crippen LogP contribution in [0.4, 0.5) is 5.69 Å². The molecule has 106 valence electrons. The van der Waals surface area contributed by atoms with Gasteiger partial charge in [-0.1, -0.05) is 29.8 Å². The minimum atomic E-state index is -0.457. The first-order valence-electron chi connectivity index (χ1n) is 6.40. The van der Waals surface area contributed by atoms with Crippen molar-refractivity contribution >= 4 is 33.2 Å². The molecule has 0 amide bonds. The molecule has 0 fully saturated rings. The van der Waals surface area contributed by atoms with Crippen molar-refractivity contribution in [2.45, 2.75) is 19.6 Å². The fourth-order valence-electron chi connectivity index (χ4n) is 2.04. The third kappa shape index (κ3) is 3.75. The predicted octanol–water partition coefficient (Wildman–Crippen LogP) is 4.79. The topological polar surface area (TPSA) is 23.5 Å². The Kier molecular flexibility index (Phi) is 5.08. The Bertz CT molecular complexity index is 584. The van der Waals surface area contributed by atoms with E-state index in [9.17, 15) is 5.11 Å². The van der Waals surface area contributed by atoms with Crippen molar-refractivity contribution in [3.05, 3.63) is 63.1 Å². The SMILES string of the molecule is C[C@H](O)c1ccc(N(C)Cc2ccc(Cl)cc2)c(Br)c1. The minimum absolute atomic E-state index is 0.457. The first-order chi connectivity index (χ1) is 9.47. The molecule has 0 bridgehead atoms. The highest BCUT2D eigenvalue weighted by Crippen LogP contribution is 2.29. The second-order valence-corrected chi connectivity index (χ2v) is 6.16. The molecule has 0 aliphatic rings. The van der Waals surface area contributed by atoms with Gasteiger partial charge >= 0.3 is 0 Å². The summed E-state index contributed by atoms with van der Waals surface area (Å²) in [6.07, 6.45) is -0.457. The highest BCUT2D eigenvalue weighted by molar-refractivity contribution is 9.10. The summed E-state index contributed by atoms with van der Waals surface area (Å²) >= 11 is 9.46. The molecule has 0 heterocycles. The van der Waals surface area contributed by atoms with Gasteiger partial charge in [-0.25, -0.2) is 0 Å². The first-order valence-corrected chi connectivity index (χ1v) is 7.57. The Hall–Kier alpha value is -1.03. The maximum Gasteiger partial charge on any atom is 0.0762 e. The maximum atomic E-state index is 9.59. The van der Waals surface area contributed by atoms with Crippen LogP contribution >= 0.6 is 27.5 Å². The Morgan fingerprint density at radius 3 is 2.40 bits per heavy atom. The molecule has 0 radical (unpaired) electrons. The summed E-state index contributed by atoms with van der Waals surface area (Å²) in [6, 6.07) is 13.8. The van der Waals surface area contributed by atoms with Crippen molar-refractivity contribution in [1.29, 1.82) is 0 Å². The van der Waals surface area contributed by atoms with Gasteiger partial charge < -0.3 is 10.0 Å². The fourth-order valence-corrected chi connectivity index (χ4v) is 2.87. The highest BCUT2D eigenvalue weighted by Gasteiger charge is 2.09. The molecular formula is C16H17BrClNO. The van der Waals surface area contributed by atoms with E-state index < -0.39 is 6.10 Å². The van der Waals surface area contributed by atoms with E-state index in [1.807, 2.05) is 49.5 Å². The van der Waals surface area contributed by atoms with Crippen LogP contribution < -0.4 is 4.90 Å². The van der Waals surface area contributed by atoms with Crippen LogP contribution in [-0.4, -0.2) is 12.2 Å². The molecule has 0 spiro atoms. The van der Waals surface area contributed by atoms with E-state index in [1.165, 1.54) is 5.56 Å². The van der Waals surface area contributed by atoms with Gasteiger partial charge in [-0.2, -0.15) is 0 Å². The molecule has 0 saturated carbocycles. The van der Waals surface area contributed by atoms with Gasteiger partial charge in [0.1, 0.15) is 0 Å². The number of aliphatic hydroxyl groups excluding tert-OH is 1. The minimum Gasteiger partial charge on any atom is -0.389 e. The molecule has 2 aromatic rings. The van der Waals surface area contributed by atoms with E-state index in [0.29, 0.717) is 0 Å². The first kappa shape index (κ1) is 15.4. The van der Waals surface area contributed by atoms with E-state index in [1.54, 1.807) is 6.92 Å². The van der Waals surface area contributed by atoms with Crippen LogP contribution in [0.1, 0.15) is 24.2 Å². The van der Waals surface area contributed by atoms with Gasteiger partial charge in [0.15, 0.2) is 0 Å². The van der Waals surface area contributed by atoms with E-state index in [2.05, 4.69) is 20.8 Å². The molecule has 2 aromatic carbocycles. The van der Waals surface area contributed by atoms with Crippen molar-refractivity contribution in [1.82, 2.24) is 0 Å². The standard InChI is InChI=1S/C16H17BrClNO/c1-11(20)13-5-8-16(15(17)9-13)19(2)10-12-3-6-14(18)7-4-12/h3-9,11,20H,10H2,1-2H3/t11-/m0/s1. The van der Waals surface area contributed by atoms with Crippen LogP contribution in [0.15, 0.2) is 46.9 Å². The summed E-state index contributed by atoms with van der Waals surface area (Å²) in [4.78, 5) is 2.15. The van der Waals surface area contributed by atoms with Crippen molar-refractivity contribution in [2.75, 3.05) is 11.9 Å². The fraction of sp³-hybridized carbons (Fsp3) is 0.250. The van der Waals surface area contributed by atoms with Crippen LogP contribution in [0, 0.1) is 0 Å². The molecule has 2 rings (SSSR count). The molecular weight excluding hydrogens is 338 g/mol. The second-order valence-electron chi connectivity index (χ2n) is 4.87. The van der Waals surface area contributed by atoms with E-state index in [4.69, 9.17) is 11.6 Å². The van der Waals surface area contributed by atoms with Gasteiger partial charge in [-0.3, -0.25) is 0 Å².